The Balaban J connectivity index is 2.46. The number of aromatic nitrogens is 2. The molecule has 1 atom stereocenters. The first-order valence-corrected chi connectivity index (χ1v) is 7.87. The van der Waals surface area contributed by atoms with Crippen LogP contribution in [0.4, 0.5) is 0 Å². The predicted molar refractivity (Wildman–Crippen MR) is 79.7 cm³/mol. The Hall–Kier alpha value is 0.130. The van der Waals surface area contributed by atoms with Gasteiger partial charge in [0.05, 0.1) is 15.9 Å². The van der Waals surface area contributed by atoms with Crippen molar-refractivity contribution in [3.63, 3.8) is 0 Å². The standard InChI is InChI=1S/C12H21Br2N3/c1-4-10(13)6-7-15-8-11-12(14)9(3)16-17(11)5-2/h10,15H,4-8H2,1-3H3. The van der Waals surface area contributed by atoms with Crippen LogP contribution in [0.15, 0.2) is 4.47 Å². The normalized spacial score (nSPS) is 13.0. The first kappa shape index (κ1) is 15.2. The van der Waals surface area contributed by atoms with Gasteiger partial charge in [-0.1, -0.05) is 22.9 Å². The molecule has 1 heterocycles. The van der Waals surface area contributed by atoms with Gasteiger partial charge in [0.1, 0.15) is 0 Å². The van der Waals surface area contributed by atoms with Crippen molar-refractivity contribution in [2.75, 3.05) is 6.54 Å². The van der Waals surface area contributed by atoms with Gasteiger partial charge in [-0.15, -0.1) is 0 Å². The van der Waals surface area contributed by atoms with Crippen molar-refractivity contribution in [3.8, 4) is 0 Å². The third-order valence-electron chi connectivity index (χ3n) is 2.82. The van der Waals surface area contributed by atoms with E-state index >= 15 is 0 Å². The summed E-state index contributed by atoms with van der Waals surface area (Å²) in [5, 5.41) is 7.95. The highest BCUT2D eigenvalue weighted by molar-refractivity contribution is 9.10. The van der Waals surface area contributed by atoms with Crippen LogP contribution in [0, 0.1) is 6.92 Å². The van der Waals surface area contributed by atoms with Gasteiger partial charge < -0.3 is 5.32 Å². The highest BCUT2D eigenvalue weighted by Crippen LogP contribution is 2.20. The van der Waals surface area contributed by atoms with E-state index in [1.165, 1.54) is 12.1 Å². The van der Waals surface area contributed by atoms with Gasteiger partial charge >= 0.3 is 0 Å². The summed E-state index contributed by atoms with van der Waals surface area (Å²) in [4.78, 5) is 0.622. The first-order chi connectivity index (χ1) is 8.10. The number of alkyl halides is 1. The summed E-state index contributed by atoms with van der Waals surface area (Å²) in [6, 6.07) is 0. The van der Waals surface area contributed by atoms with Crippen LogP contribution >= 0.6 is 31.9 Å². The minimum atomic E-state index is 0.622. The number of nitrogens with zero attached hydrogens (tertiary/aromatic N) is 2. The molecule has 0 spiro atoms. The van der Waals surface area contributed by atoms with Gasteiger partial charge in [0.25, 0.3) is 0 Å². The third kappa shape index (κ3) is 4.38. The highest BCUT2D eigenvalue weighted by Gasteiger charge is 2.11. The molecule has 0 aliphatic heterocycles. The van der Waals surface area contributed by atoms with Crippen molar-refractivity contribution in [2.24, 2.45) is 0 Å². The van der Waals surface area contributed by atoms with Crippen molar-refractivity contribution in [1.29, 1.82) is 0 Å². The topological polar surface area (TPSA) is 29.9 Å². The molecule has 0 aliphatic carbocycles. The maximum Gasteiger partial charge on any atom is 0.0739 e. The fourth-order valence-electron chi connectivity index (χ4n) is 1.71. The molecule has 0 bridgehead atoms. The maximum atomic E-state index is 4.48. The van der Waals surface area contributed by atoms with Crippen molar-refractivity contribution < 1.29 is 0 Å². The Labute approximate surface area is 121 Å². The van der Waals surface area contributed by atoms with Crippen molar-refractivity contribution in [1.82, 2.24) is 15.1 Å². The summed E-state index contributed by atoms with van der Waals surface area (Å²) in [6.07, 6.45) is 2.34. The van der Waals surface area contributed by atoms with E-state index in [4.69, 9.17) is 0 Å². The summed E-state index contributed by atoms with van der Waals surface area (Å²) in [7, 11) is 0. The summed E-state index contributed by atoms with van der Waals surface area (Å²) in [5.74, 6) is 0. The molecule has 5 heteroatoms. The molecule has 1 unspecified atom stereocenters. The van der Waals surface area contributed by atoms with E-state index in [0.29, 0.717) is 4.83 Å². The van der Waals surface area contributed by atoms with Crippen LogP contribution in [0.1, 0.15) is 38.1 Å². The zero-order valence-corrected chi connectivity index (χ0v) is 13.9. The van der Waals surface area contributed by atoms with E-state index in [1.807, 2.05) is 6.92 Å². The van der Waals surface area contributed by atoms with Crippen LogP contribution in [-0.4, -0.2) is 21.2 Å². The summed E-state index contributed by atoms with van der Waals surface area (Å²) in [6.45, 7) is 9.17. The zero-order chi connectivity index (χ0) is 12.8. The summed E-state index contributed by atoms with van der Waals surface area (Å²) in [5.41, 5.74) is 2.31. The van der Waals surface area contributed by atoms with Gasteiger partial charge in [-0.2, -0.15) is 5.10 Å². The molecular weight excluding hydrogens is 346 g/mol. The minimum absolute atomic E-state index is 0.622. The molecule has 0 amide bonds. The Morgan fingerprint density at radius 2 is 2.12 bits per heavy atom. The molecule has 0 aliphatic rings. The second-order valence-electron chi connectivity index (χ2n) is 4.13. The van der Waals surface area contributed by atoms with Crippen LogP contribution in [0.5, 0.6) is 0 Å². The lowest BCUT2D eigenvalue weighted by Gasteiger charge is -2.09. The van der Waals surface area contributed by atoms with Crippen LogP contribution in [-0.2, 0) is 13.1 Å². The van der Waals surface area contributed by atoms with Crippen molar-refractivity contribution in [2.45, 2.75) is 51.5 Å². The second-order valence-corrected chi connectivity index (χ2v) is 6.22. The number of hydrogen-bond acceptors (Lipinski definition) is 2. The Kier molecular flexibility index (Phi) is 6.74. The molecule has 98 valence electrons. The van der Waals surface area contributed by atoms with Crippen LogP contribution in [0.3, 0.4) is 0 Å². The molecule has 0 saturated heterocycles. The smallest absolute Gasteiger partial charge is 0.0739 e. The Bertz CT molecular complexity index is 350. The average Bonchev–Trinajstić information content (AvgIpc) is 2.61. The summed E-state index contributed by atoms with van der Waals surface area (Å²) < 4.78 is 3.19. The fourth-order valence-corrected chi connectivity index (χ4v) is 2.36. The van der Waals surface area contributed by atoms with Crippen LogP contribution in [0.25, 0.3) is 0 Å². The lowest BCUT2D eigenvalue weighted by Crippen LogP contribution is -2.20. The Morgan fingerprint density at radius 3 is 2.71 bits per heavy atom. The first-order valence-electron chi connectivity index (χ1n) is 6.16. The lowest BCUT2D eigenvalue weighted by atomic mass is 10.2. The monoisotopic (exact) mass is 365 g/mol. The van der Waals surface area contributed by atoms with Crippen molar-refractivity contribution in [3.05, 3.63) is 15.9 Å². The van der Waals surface area contributed by atoms with Crippen molar-refractivity contribution >= 4 is 31.9 Å². The van der Waals surface area contributed by atoms with E-state index in [0.717, 1.165) is 36.2 Å². The quantitative estimate of drug-likeness (QED) is 0.589. The van der Waals surface area contributed by atoms with Gasteiger partial charge in [0.15, 0.2) is 0 Å². The van der Waals surface area contributed by atoms with Gasteiger partial charge in [0, 0.05) is 17.9 Å². The number of halogens is 2. The maximum absolute atomic E-state index is 4.48. The molecule has 1 rings (SSSR count). The number of nitrogens with one attached hydrogen (secondary N) is 1. The zero-order valence-electron chi connectivity index (χ0n) is 10.8. The Morgan fingerprint density at radius 1 is 1.41 bits per heavy atom. The van der Waals surface area contributed by atoms with Gasteiger partial charge in [-0.25, -0.2) is 0 Å². The van der Waals surface area contributed by atoms with Gasteiger partial charge in [0.2, 0.25) is 0 Å². The number of hydrogen-bond donors (Lipinski definition) is 1. The van der Waals surface area contributed by atoms with Crippen LogP contribution in [0.2, 0.25) is 0 Å². The second kappa shape index (κ2) is 7.54. The highest BCUT2D eigenvalue weighted by atomic mass is 79.9. The molecule has 1 N–H and O–H groups in total. The van der Waals surface area contributed by atoms with E-state index in [2.05, 4.69) is 60.8 Å². The largest absolute Gasteiger partial charge is 0.311 e. The van der Waals surface area contributed by atoms with E-state index in [-0.39, 0.29) is 0 Å². The molecular formula is C12H21Br2N3. The third-order valence-corrected chi connectivity index (χ3v) is 4.96. The van der Waals surface area contributed by atoms with Crippen LogP contribution < -0.4 is 5.32 Å². The minimum Gasteiger partial charge on any atom is -0.311 e. The number of rotatable bonds is 7. The lowest BCUT2D eigenvalue weighted by molar-refractivity contribution is 0.566. The van der Waals surface area contributed by atoms with Gasteiger partial charge in [-0.3, -0.25) is 4.68 Å². The molecule has 0 fully saturated rings. The van der Waals surface area contributed by atoms with E-state index in [1.54, 1.807) is 0 Å². The van der Waals surface area contributed by atoms with E-state index in [9.17, 15) is 0 Å². The SMILES string of the molecule is CCC(Br)CCNCc1c(Br)c(C)nn1CC. The molecule has 0 aromatic carbocycles. The molecule has 1 aromatic rings. The van der Waals surface area contributed by atoms with Gasteiger partial charge in [-0.05, 0) is 49.2 Å². The molecule has 3 nitrogen and oxygen atoms in total. The average molecular weight is 367 g/mol. The molecule has 0 radical (unpaired) electrons. The molecule has 17 heavy (non-hydrogen) atoms. The van der Waals surface area contributed by atoms with E-state index < -0.39 is 0 Å². The molecule has 1 aromatic heterocycles. The number of aryl methyl sites for hydroxylation is 2. The molecule has 0 saturated carbocycles. The predicted octanol–water partition coefficient (Wildman–Crippen LogP) is 3.63. The fraction of sp³-hybridized carbons (Fsp3) is 0.750. The summed E-state index contributed by atoms with van der Waals surface area (Å²) >= 11 is 7.25.